The van der Waals surface area contributed by atoms with Crippen LogP contribution in [-0.2, 0) is 25.6 Å². The van der Waals surface area contributed by atoms with Crippen LogP contribution >= 0.6 is 0 Å². The maximum absolute atomic E-state index is 12.0. The average Bonchev–Trinajstić information content (AvgIpc) is 2.58. The summed E-state index contributed by atoms with van der Waals surface area (Å²) in [5, 5.41) is 5.20. The molecule has 24 heavy (non-hydrogen) atoms. The second-order valence-corrected chi connectivity index (χ2v) is 4.96. The SMILES string of the molecule is CCOC(=O)CCC(NC(=O)NCc1ccccc1)C(=O)OCC. The lowest BCUT2D eigenvalue weighted by Gasteiger charge is -2.17. The fourth-order valence-electron chi connectivity index (χ4n) is 1.97. The molecule has 7 nitrogen and oxygen atoms in total. The van der Waals surface area contributed by atoms with Gasteiger partial charge in [0.05, 0.1) is 13.2 Å². The van der Waals surface area contributed by atoms with Gasteiger partial charge in [0.2, 0.25) is 0 Å². The summed E-state index contributed by atoms with van der Waals surface area (Å²) < 4.78 is 9.75. The van der Waals surface area contributed by atoms with E-state index in [4.69, 9.17) is 9.47 Å². The van der Waals surface area contributed by atoms with Gasteiger partial charge in [0.25, 0.3) is 0 Å². The molecule has 0 aliphatic heterocycles. The van der Waals surface area contributed by atoms with Gasteiger partial charge >= 0.3 is 18.0 Å². The molecule has 7 heteroatoms. The molecule has 1 unspecified atom stereocenters. The van der Waals surface area contributed by atoms with Crippen LogP contribution < -0.4 is 10.6 Å². The summed E-state index contributed by atoms with van der Waals surface area (Å²) in [6, 6.07) is 7.99. The van der Waals surface area contributed by atoms with Crippen molar-refractivity contribution >= 4 is 18.0 Å². The maximum Gasteiger partial charge on any atom is 0.328 e. The molecule has 0 saturated carbocycles. The molecule has 0 bridgehead atoms. The van der Waals surface area contributed by atoms with Crippen molar-refractivity contribution in [1.29, 1.82) is 0 Å². The zero-order valence-electron chi connectivity index (χ0n) is 14.0. The molecule has 1 aromatic rings. The summed E-state index contributed by atoms with van der Waals surface area (Å²) in [5.74, 6) is -0.991. The number of hydrogen-bond donors (Lipinski definition) is 2. The Kier molecular flexibility index (Phi) is 8.96. The number of ether oxygens (including phenoxy) is 2. The molecule has 2 amide bonds. The maximum atomic E-state index is 12.0. The van der Waals surface area contributed by atoms with E-state index >= 15 is 0 Å². The number of hydrogen-bond acceptors (Lipinski definition) is 5. The molecular formula is C17H24N2O5. The van der Waals surface area contributed by atoms with E-state index in [9.17, 15) is 14.4 Å². The first-order valence-corrected chi connectivity index (χ1v) is 7.97. The van der Waals surface area contributed by atoms with Crippen LogP contribution in [0.3, 0.4) is 0 Å². The highest BCUT2D eigenvalue weighted by Gasteiger charge is 2.23. The standard InChI is InChI=1S/C17H24N2O5/c1-3-23-15(20)11-10-14(16(21)24-4-2)19-17(22)18-12-13-8-6-5-7-9-13/h5-9,14H,3-4,10-12H2,1-2H3,(H2,18,19,22). The number of carbonyl (C=O) groups excluding carboxylic acids is 3. The van der Waals surface area contributed by atoms with Crippen molar-refractivity contribution in [3.8, 4) is 0 Å². The van der Waals surface area contributed by atoms with Gasteiger partial charge in [-0.2, -0.15) is 0 Å². The molecule has 0 aromatic heterocycles. The van der Waals surface area contributed by atoms with Crippen LogP contribution in [0.25, 0.3) is 0 Å². The molecule has 1 rings (SSSR count). The topological polar surface area (TPSA) is 93.7 Å². The Morgan fingerprint density at radius 1 is 1.04 bits per heavy atom. The Hall–Kier alpha value is -2.57. The number of nitrogens with one attached hydrogen (secondary N) is 2. The van der Waals surface area contributed by atoms with Crippen molar-refractivity contribution in [3.05, 3.63) is 35.9 Å². The summed E-state index contributed by atoms with van der Waals surface area (Å²) in [7, 11) is 0. The van der Waals surface area contributed by atoms with E-state index in [-0.39, 0.29) is 26.1 Å². The summed E-state index contributed by atoms with van der Waals surface area (Å²) in [6.07, 6.45) is 0.146. The summed E-state index contributed by atoms with van der Waals surface area (Å²) >= 11 is 0. The first-order valence-electron chi connectivity index (χ1n) is 7.97. The number of carbonyl (C=O) groups is 3. The van der Waals surface area contributed by atoms with Crippen LogP contribution in [0.2, 0.25) is 0 Å². The Balaban J connectivity index is 2.51. The monoisotopic (exact) mass is 336 g/mol. The van der Waals surface area contributed by atoms with Crippen LogP contribution in [-0.4, -0.2) is 37.2 Å². The van der Waals surface area contributed by atoms with Crippen molar-refractivity contribution in [3.63, 3.8) is 0 Å². The van der Waals surface area contributed by atoms with Crippen LogP contribution in [0, 0.1) is 0 Å². The second kappa shape index (κ2) is 11.0. The highest BCUT2D eigenvalue weighted by Crippen LogP contribution is 2.03. The number of amides is 2. The lowest BCUT2D eigenvalue weighted by molar-refractivity contribution is -0.146. The van der Waals surface area contributed by atoms with Gasteiger partial charge in [-0.05, 0) is 25.8 Å². The van der Waals surface area contributed by atoms with Crippen LogP contribution in [0.15, 0.2) is 30.3 Å². The second-order valence-electron chi connectivity index (χ2n) is 4.96. The highest BCUT2D eigenvalue weighted by atomic mass is 16.5. The minimum Gasteiger partial charge on any atom is -0.466 e. The van der Waals surface area contributed by atoms with Crippen molar-refractivity contribution in [2.75, 3.05) is 13.2 Å². The van der Waals surface area contributed by atoms with Gasteiger partial charge < -0.3 is 20.1 Å². The molecule has 0 aliphatic rings. The van der Waals surface area contributed by atoms with E-state index < -0.39 is 24.0 Å². The minimum absolute atomic E-state index is 0.0241. The van der Waals surface area contributed by atoms with E-state index in [1.54, 1.807) is 13.8 Å². The third kappa shape index (κ3) is 7.62. The van der Waals surface area contributed by atoms with Crippen molar-refractivity contribution in [2.45, 2.75) is 39.3 Å². The van der Waals surface area contributed by atoms with E-state index in [1.165, 1.54) is 0 Å². The molecule has 0 aliphatic carbocycles. The lowest BCUT2D eigenvalue weighted by atomic mass is 10.1. The van der Waals surface area contributed by atoms with Gasteiger partial charge in [0.1, 0.15) is 6.04 Å². The quantitative estimate of drug-likeness (QED) is 0.670. The van der Waals surface area contributed by atoms with Crippen LogP contribution in [0.1, 0.15) is 32.3 Å². The molecule has 2 N–H and O–H groups in total. The first-order chi connectivity index (χ1) is 11.6. The number of urea groups is 1. The predicted molar refractivity (Wildman–Crippen MR) is 88.1 cm³/mol. The van der Waals surface area contributed by atoms with Crippen molar-refractivity contribution in [1.82, 2.24) is 10.6 Å². The summed E-state index contributed by atoms with van der Waals surface area (Å²) in [4.78, 5) is 35.3. The fourth-order valence-corrected chi connectivity index (χ4v) is 1.97. The first kappa shape index (κ1) is 19.5. The molecular weight excluding hydrogens is 312 g/mol. The normalized spacial score (nSPS) is 11.2. The van der Waals surface area contributed by atoms with Crippen molar-refractivity contribution < 1.29 is 23.9 Å². The van der Waals surface area contributed by atoms with Crippen molar-refractivity contribution in [2.24, 2.45) is 0 Å². The summed E-state index contributed by atoms with van der Waals surface area (Å²) in [5.41, 5.74) is 0.937. The van der Waals surface area contributed by atoms with Crippen LogP contribution in [0.5, 0.6) is 0 Å². The van der Waals surface area contributed by atoms with Gasteiger partial charge in [-0.3, -0.25) is 4.79 Å². The molecule has 0 saturated heterocycles. The smallest absolute Gasteiger partial charge is 0.328 e. The van der Waals surface area contributed by atoms with Gasteiger partial charge in [0.15, 0.2) is 0 Å². The number of benzene rings is 1. The van der Waals surface area contributed by atoms with E-state index in [0.717, 1.165) is 5.56 Å². The Morgan fingerprint density at radius 3 is 2.33 bits per heavy atom. The zero-order valence-corrected chi connectivity index (χ0v) is 14.0. The Labute approximate surface area is 141 Å². The highest BCUT2D eigenvalue weighted by molar-refractivity contribution is 5.84. The van der Waals surface area contributed by atoms with Gasteiger partial charge in [-0.25, -0.2) is 9.59 Å². The van der Waals surface area contributed by atoms with E-state index in [0.29, 0.717) is 6.54 Å². The molecule has 1 atom stereocenters. The largest absolute Gasteiger partial charge is 0.466 e. The van der Waals surface area contributed by atoms with Gasteiger partial charge in [-0.1, -0.05) is 30.3 Å². The van der Waals surface area contributed by atoms with Gasteiger partial charge in [0, 0.05) is 13.0 Å². The predicted octanol–water partition coefficient (Wildman–Crippen LogP) is 1.76. The number of esters is 2. The van der Waals surface area contributed by atoms with Crippen LogP contribution in [0.4, 0.5) is 4.79 Å². The minimum atomic E-state index is -0.898. The van der Waals surface area contributed by atoms with E-state index in [1.807, 2.05) is 30.3 Å². The fraction of sp³-hybridized carbons (Fsp3) is 0.471. The zero-order chi connectivity index (χ0) is 17.8. The molecule has 132 valence electrons. The third-order valence-corrected chi connectivity index (χ3v) is 3.11. The molecule has 1 aromatic carbocycles. The summed E-state index contributed by atoms with van der Waals surface area (Å²) in [6.45, 7) is 4.18. The third-order valence-electron chi connectivity index (χ3n) is 3.11. The molecule has 0 fully saturated rings. The van der Waals surface area contributed by atoms with E-state index in [2.05, 4.69) is 10.6 Å². The molecule has 0 spiro atoms. The molecule has 0 radical (unpaired) electrons. The lowest BCUT2D eigenvalue weighted by Crippen LogP contribution is -2.46. The molecule has 0 heterocycles. The number of rotatable bonds is 9. The Bertz CT molecular complexity index is 533. The van der Waals surface area contributed by atoms with Gasteiger partial charge in [-0.15, -0.1) is 0 Å². The average molecular weight is 336 g/mol. The Morgan fingerprint density at radius 2 is 1.71 bits per heavy atom.